The highest BCUT2D eigenvalue weighted by Gasteiger charge is 2.50. The van der Waals surface area contributed by atoms with Gasteiger partial charge in [0.05, 0.1) is 4.88 Å². The van der Waals surface area contributed by atoms with Crippen LogP contribution >= 0.6 is 34.9 Å². The Hall–Kier alpha value is -5.84. The van der Waals surface area contributed by atoms with Crippen LogP contribution in [0.25, 0.3) is 10.1 Å². The third-order valence-corrected chi connectivity index (χ3v) is 15.6. The molecule has 2 saturated heterocycles. The van der Waals surface area contributed by atoms with Crippen molar-refractivity contribution in [3.63, 3.8) is 0 Å². The Bertz CT molecular complexity index is 2890. The monoisotopic (exact) mass is 1090 g/mol. The second kappa shape index (κ2) is 22.5. The number of imide groups is 1. The molecule has 4 aromatic rings. The van der Waals surface area contributed by atoms with Crippen LogP contribution in [0.2, 0.25) is 0 Å². The quantitative estimate of drug-likeness (QED) is 0.0307. The number of alkyl halides is 2. The van der Waals surface area contributed by atoms with Crippen molar-refractivity contribution in [1.29, 1.82) is 0 Å². The molecule has 0 saturated carbocycles. The van der Waals surface area contributed by atoms with E-state index in [4.69, 9.17) is 0 Å². The number of anilines is 1. The fourth-order valence-corrected chi connectivity index (χ4v) is 10.7. The predicted octanol–water partition coefficient (Wildman–Crippen LogP) is 7.33. The third-order valence-electron chi connectivity index (χ3n) is 13.0. The number of rotatable bonds is 17. The molecule has 3 aliphatic heterocycles. The summed E-state index contributed by atoms with van der Waals surface area (Å²) in [6, 6.07) is 14.1. The molecule has 2 fully saturated rings. The summed E-state index contributed by atoms with van der Waals surface area (Å²) in [6.07, 6.45) is 5.22. The van der Waals surface area contributed by atoms with Gasteiger partial charge in [-0.3, -0.25) is 43.4 Å². The number of benzene rings is 3. The zero-order chi connectivity index (χ0) is 52.1. The summed E-state index contributed by atoms with van der Waals surface area (Å²) >= 11 is 4.40. The topological polar surface area (TPSA) is 223 Å². The average molecular weight is 1090 g/mol. The van der Waals surface area contributed by atoms with Gasteiger partial charge in [0.15, 0.2) is 0 Å². The summed E-state index contributed by atoms with van der Waals surface area (Å²) in [5.41, 5.74) is -3.63. The standard InChI is InChI=1S/C51H56BrF2N6O10PS/c1-50(2,3)44(57-46(64)41-29-32-28-33(16-22-40(32)72-41)51(53,54)71(68,69)70)49(67)59-26-11-15-39(59)48(66)58(35-19-17-34(52)18-20-35)27-24-42(61)55-25-9-7-5-4-6-8-12-31-13-10-14-36-37(31)30-60(47(36)65)38-21-23-43(62)56-45(38)63/h10,13-14,16-20,22,28-29,38-39,44H,4-7,9,11,15,21,23-27,30H2,1-3H3,(H,55,61)(H,57,64)(H,56,62,63)(H2,68,69,70)/t38?,39-,44?/m0/s1. The summed E-state index contributed by atoms with van der Waals surface area (Å²) in [5.74, 6) is 3.56. The number of hydrogen-bond donors (Lipinski definition) is 5. The van der Waals surface area contributed by atoms with Crippen molar-refractivity contribution >= 4 is 92.0 Å². The number of halogens is 3. The highest BCUT2D eigenvalue weighted by molar-refractivity contribution is 9.10. The molecule has 0 aliphatic carbocycles. The maximum Gasteiger partial charge on any atom is 0.399 e. The Morgan fingerprint density at radius 1 is 0.986 bits per heavy atom. The summed E-state index contributed by atoms with van der Waals surface area (Å²) in [6.45, 7) is 6.24. The Morgan fingerprint density at radius 2 is 1.72 bits per heavy atom. The lowest BCUT2D eigenvalue weighted by Crippen LogP contribution is -2.58. The number of hydrogen-bond acceptors (Lipinski definition) is 9. The van der Waals surface area contributed by atoms with Gasteiger partial charge in [-0.2, -0.15) is 8.78 Å². The molecule has 0 radical (unpaired) electrons. The average Bonchev–Trinajstić information content (AvgIpc) is 4.08. The molecule has 7 amide bonds. The van der Waals surface area contributed by atoms with Gasteiger partial charge in [-0.1, -0.05) is 73.5 Å². The van der Waals surface area contributed by atoms with E-state index in [1.165, 1.54) is 26.8 Å². The lowest BCUT2D eigenvalue weighted by atomic mass is 9.85. The van der Waals surface area contributed by atoms with Crippen molar-refractivity contribution in [2.45, 2.75) is 115 Å². The summed E-state index contributed by atoms with van der Waals surface area (Å²) < 4.78 is 41.7. The van der Waals surface area contributed by atoms with Crippen LogP contribution < -0.4 is 20.9 Å². The molecule has 7 rings (SSSR count). The molecule has 3 atom stereocenters. The van der Waals surface area contributed by atoms with E-state index in [0.29, 0.717) is 41.8 Å². The first-order valence-corrected chi connectivity index (χ1v) is 27.0. The second-order valence-corrected chi connectivity index (χ2v) is 22.8. The number of carbonyl (C=O) groups excluding carboxylic acids is 7. The van der Waals surface area contributed by atoms with E-state index >= 15 is 0 Å². The largest absolute Gasteiger partial charge is 0.399 e. The molecule has 4 heterocycles. The number of nitrogens with zero attached hydrogens (tertiary/aromatic N) is 3. The van der Waals surface area contributed by atoms with Gasteiger partial charge in [0.1, 0.15) is 18.1 Å². The second-order valence-electron chi connectivity index (χ2n) is 19.2. The van der Waals surface area contributed by atoms with E-state index in [9.17, 15) is 56.7 Å². The van der Waals surface area contributed by atoms with E-state index in [1.807, 2.05) is 6.07 Å². The highest BCUT2D eigenvalue weighted by Crippen LogP contribution is 2.59. The van der Waals surface area contributed by atoms with Crippen LogP contribution in [0.5, 0.6) is 0 Å². The Balaban J connectivity index is 0.903. The molecule has 16 nitrogen and oxygen atoms in total. The van der Waals surface area contributed by atoms with Gasteiger partial charge in [0.2, 0.25) is 29.5 Å². The fourth-order valence-electron chi connectivity index (χ4n) is 9.06. The molecular formula is C51H56BrF2N6O10PS. The lowest BCUT2D eigenvalue weighted by molar-refractivity contribution is -0.141. The molecule has 382 valence electrons. The molecule has 5 N–H and O–H groups in total. The van der Waals surface area contributed by atoms with E-state index in [2.05, 4.69) is 43.7 Å². The molecule has 0 spiro atoms. The van der Waals surface area contributed by atoms with Gasteiger partial charge >= 0.3 is 13.3 Å². The Labute approximate surface area is 427 Å². The first-order valence-electron chi connectivity index (χ1n) is 23.7. The maximum absolute atomic E-state index is 14.5. The number of carbonyl (C=O) groups is 7. The van der Waals surface area contributed by atoms with Gasteiger partial charge in [-0.25, -0.2) is 0 Å². The van der Waals surface area contributed by atoms with Crippen molar-refractivity contribution in [2.24, 2.45) is 5.41 Å². The minimum Gasteiger partial charge on any atom is -0.356 e. The Kier molecular flexibility index (Phi) is 16.9. The van der Waals surface area contributed by atoms with Crippen molar-refractivity contribution in [1.82, 2.24) is 25.8 Å². The summed E-state index contributed by atoms with van der Waals surface area (Å²) in [4.78, 5) is 116. The van der Waals surface area contributed by atoms with Crippen LogP contribution in [0.15, 0.2) is 71.2 Å². The molecule has 21 heteroatoms. The highest BCUT2D eigenvalue weighted by atomic mass is 79.9. The van der Waals surface area contributed by atoms with Crippen LogP contribution in [0.3, 0.4) is 0 Å². The van der Waals surface area contributed by atoms with Crippen LogP contribution in [0, 0.1) is 17.3 Å². The van der Waals surface area contributed by atoms with E-state index in [0.717, 1.165) is 64.8 Å². The molecule has 0 bridgehead atoms. The van der Waals surface area contributed by atoms with Crippen LogP contribution in [-0.4, -0.2) is 98.7 Å². The van der Waals surface area contributed by atoms with Crippen LogP contribution in [-0.2, 0) is 40.7 Å². The summed E-state index contributed by atoms with van der Waals surface area (Å²) in [5, 5.41) is 8.24. The molecular weight excluding hydrogens is 1040 g/mol. The van der Waals surface area contributed by atoms with Gasteiger partial charge in [0, 0.05) is 77.0 Å². The number of fused-ring (bicyclic) bond motifs is 2. The molecule has 2 unspecified atom stereocenters. The number of unbranched alkanes of at least 4 members (excludes halogenated alkanes) is 4. The molecule has 72 heavy (non-hydrogen) atoms. The van der Waals surface area contributed by atoms with Crippen molar-refractivity contribution in [2.75, 3.05) is 24.5 Å². The molecule has 3 aliphatic rings. The van der Waals surface area contributed by atoms with Gasteiger partial charge in [0.25, 0.3) is 11.8 Å². The third kappa shape index (κ3) is 12.3. The Morgan fingerprint density at radius 3 is 2.43 bits per heavy atom. The van der Waals surface area contributed by atoms with Gasteiger partial charge in [-0.05, 0) is 103 Å². The van der Waals surface area contributed by atoms with Crippen molar-refractivity contribution in [3.05, 3.63) is 98.3 Å². The zero-order valence-electron chi connectivity index (χ0n) is 40.0. The van der Waals surface area contributed by atoms with E-state index in [-0.39, 0.29) is 72.8 Å². The maximum atomic E-state index is 14.5. The summed E-state index contributed by atoms with van der Waals surface area (Å²) in [7, 11) is -5.83. The molecule has 1 aromatic heterocycles. The van der Waals surface area contributed by atoms with Crippen molar-refractivity contribution in [3.8, 4) is 11.8 Å². The lowest BCUT2D eigenvalue weighted by Gasteiger charge is -2.36. The van der Waals surface area contributed by atoms with Gasteiger partial charge in [-0.15, -0.1) is 11.3 Å². The number of amides is 7. The zero-order valence-corrected chi connectivity index (χ0v) is 43.3. The van der Waals surface area contributed by atoms with E-state index < -0.39 is 60.1 Å². The van der Waals surface area contributed by atoms with E-state index in [1.54, 1.807) is 57.2 Å². The number of likely N-dealkylation sites (tertiary alicyclic amines) is 1. The number of nitrogens with one attached hydrogen (secondary N) is 3. The van der Waals surface area contributed by atoms with Crippen LogP contribution in [0.4, 0.5) is 14.5 Å². The van der Waals surface area contributed by atoms with Crippen LogP contribution in [0.1, 0.15) is 122 Å². The fraction of sp³-hybridized carbons (Fsp3) is 0.431. The molecule has 3 aromatic carbocycles. The SMILES string of the molecule is CC(C)(C)C(NC(=O)c1cc2cc(C(F)(F)P(=O)(O)O)ccc2s1)C(=O)N1CCC[C@H]1C(=O)N(CCC(=O)NCCCCCCC#Cc1cccc2c1CN(C1CCC(=O)NC1=O)C2=O)c1ccc(Br)cc1. The smallest absolute Gasteiger partial charge is 0.356 e. The number of thiophene rings is 1. The first kappa shape index (κ1) is 53.9. The van der Waals surface area contributed by atoms with Crippen molar-refractivity contribution < 1.29 is 56.7 Å². The minimum atomic E-state index is -5.83. The minimum absolute atomic E-state index is 0.00752. The first-order chi connectivity index (χ1) is 34.0. The predicted molar refractivity (Wildman–Crippen MR) is 270 cm³/mol. The normalized spacial score (nSPS) is 17.5. The van der Waals surface area contributed by atoms with Gasteiger partial charge < -0.3 is 35.1 Å². The number of piperidine rings is 1.